The van der Waals surface area contributed by atoms with Crippen LogP contribution >= 0.6 is 0 Å². The fraction of sp³-hybridized carbons (Fsp3) is 0.400. The summed E-state index contributed by atoms with van der Waals surface area (Å²) >= 11 is 0. The number of anilines is 1. The molecule has 0 radical (unpaired) electrons. The summed E-state index contributed by atoms with van der Waals surface area (Å²) in [6, 6.07) is 7.40. The molecule has 18 heavy (non-hydrogen) atoms. The molecule has 1 aromatic carbocycles. The highest BCUT2D eigenvalue weighted by molar-refractivity contribution is 5.92. The first-order valence-electron chi connectivity index (χ1n) is 6.28. The van der Waals surface area contributed by atoms with Gasteiger partial charge in [-0.25, -0.2) is 0 Å². The van der Waals surface area contributed by atoms with Crippen LogP contribution in [-0.2, 0) is 4.79 Å². The third-order valence-electron chi connectivity index (χ3n) is 3.20. The Balaban J connectivity index is 2.00. The van der Waals surface area contributed by atoms with E-state index in [4.69, 9.17) is 5.11 Å². The van der Waals surface area contributed by atoms with Gasteiger partial charge in [-0.1, -0.05) is 30.4 Å². The maximum atomic E-state index is 11.8. The van der Waals surface area contributed by atoms with E-state index in [2.05, 4.69) is 17.2 Å². The monoisotopic (exact) mass is 243 g/mol. The molecule has 0 saturated heterocycles. The van der Waals surface area contributed by atoms with E-state index in [0.29, 0.717) is 12.3 Å². The van der Waals surface area contributed by atoms with Gasteiger partial charge in [-0.05, 0) is 30.9 Å². The summed E-state index contributed by atoms with van der Waals surface area (Å²) in [4.78, 5) is 11.8. The van der Waals surface area contributed by atoms with E-state index < -0.39 is 0 Å². The van der Waals surface area contributed by atoms with Crippen molar-refractivity contribution in [2.75, 3.05) is 11.9 Å². The number of hydrogen-bond acceptors (Lipinski definition) is 2. The minimum Gasteiger partial charge on any atom is -0.384 e. The van der Waals surface area contributed by atoms with Crippen molar-refractivity contribution >= 4 is 11.6 Å². The van der Waals surface area contributed by atoms with Gasteiger partial charge in [0.1, 0.15) is 6.61 Å². The third kappa shape index (κ3) is 3.35. The zero-order valence-corrected chi connectivity index (χ0v) is 10.3. The van der Waals surface area contributed by atoms with Gasteiger partial charge < -0.3 is 10.4 Å². The Morgan fingerprint density at radius 2 is 2.17 bits per heavy atom. The van der Waals surface area contributed by atoms with Crippen molar-refractivity contribution in [3.8, 4) is 11.8 Å². The highest BCUT2D eigenvalue weighted by Crippen LogP contribution is 2.29. The Labute approximate surface area is 107 Å². The highest BCUT2D eigenvalue weighted by Gasteiger charge is 2.20. The number of aliphatic hydroxyl groups excluding tert-OH is 1. The Morgan fingerprint density at radius 3 is 2.83 bits per heavy atom. The van der Waals surface area contributed by atoms with Crippen molar-refractivity contribution < 1.29 is 9.90 Å². The summed E-state index contributed by atoms with van der Waals surface area (Å²) in [5.41, 5.74) is 1.47. The predicted molar refractivity (Wildman–Crippen MR) is 71.0 cm³/mol. The normalized spacial score (nSPS) is 14.3. The molecule has 94 valence electrons. The van der Waals surface area contributed by atoms with E-state index in [9.17, 15) is 4.79 Å². The number of carbonyl (C=O) groups excluding carboxylic acids is 1. The molecule has 0 spiro atoms. The minimum absolute atomic E-state index is 0.0537. The molecule has 1 aliphatic rings. The fourth-order valence-corrected chi connectivity index (χ4v) is 2.00. The van der Waals surface area contributed by atoms with Gasteiger partial charge in [0.2, 0.25) is 5.91 Å². The van der Waals surface area contributed by atoms with E-state index >= 15 is 0 Å². The molecule has 0 aliphatic heterocycles. The lowest BCUT2D eigenvalue weighted by Crippen LogP contribution is -2.21. The Hall–Kier alpha value is -1.79. The molecule has 0 atom stereocenters. The molecule has 0 heterocycles. The molecule has 0 aromatic heterocycles. The van der Waals surface area contributed by atoms with Crippen LogP contribution in [0.5, 0.6) is 0 Å². The largest absolute Gasteiger partial charge is 0.384 e. The molecule has 1 amide bonds. The zero-order chi connectivity index (χ0) is 12.8. The number of amides is 1. The van der Waals surface area contributed by atoms with E-state index in [1.165, 1.54) is 19.3 Å². The number of benzene rings is 1. The number of nitrogens with one attached hydrogen (secondary N) is 1. The van der Waals surface area contributed by atoms with Crippen LogP contribution in [0.25, 0.3) is 0 Å². The summed E-state index contributed by atoms with van der Waals surface area (Å²) in [5.74, 6) is 6.04. The van der Waals surface area contributed by atoms with Gasteiger partial charge >= 0.3 is 0 Å². The summed E-state index contributed by atoms with van der Waals surface area (Å²) < 4.78 is 0. The summed E-state index contributed by atoms with van der Waals surface area (Å²) in [5, 5.41) is 11.6. The molecule has 3 nitrogen and oxygen atoms in total. The van der Waals surface area contributed by atoms with Gasteiger partial charge in [-0.2, -0.15) is 0 Å². The number of hydrogen-bond donors (Lipinski definition) is 2. The zero-order valence-electron chi connectivity index (χ0n) is 10.3. The minimum atomic E-state index is -0.176. The van der Waals surface area contributed by atoms with Crippen molar-refractivity contribution in [3.63, 3.8) is 0 Å². The van der Waals surface area contributed by atoms with Crippen LogP contribution in [0.4, 0.5) is 5.69 Å². The van der Waals surface area contributed by atoms with Gasteiger partial charge in [0, 0.05) is 12.0 Å². The molecule has 0 unspecified atom stereocenters. The summed E-state index contributed by atoms with van der Waals surface area (Å²) in [6.07, 6.45) is 4.18. The molecule has 3 heteroatoms. The van der Waals surface area contributed by atoms with Crippen LogP contribution in [0.1, 0.15) is 31.2 Å². The predicted octanol–water partition coefficient (Wildman–Crippen LogP) is 2.16. The van der Waals surface area contributed by atoms with Crippen LogP contribution in [0, 0.1) is 17.8 Å². The first-order chi connectivity index (χ1) is 8.79. The average Bonchev–Trinajstić information content (AvgIpc) is 2.33. The summed E-state index contributed by atoms with van der Waals surface area (Å²) in [7, 11) is 0. The quantitative estimate of drug-likeness (QED) is 0.799. The van der Waals surface area contributed by atoms with Gasteiger partial charge in [0.05, 0.1) is 5.69 Å². The second kappa shape index (κ2) is 6.23. The number of para-hydroxylation sites is 1. The Bertz CT molecular complexity index is 481. The van der Waals surface area contributed by atoms with Crippen LogP contribution in [0.15, 0.2) is 24.3 Å². The maximum Gasteiger partial charge on any atom is 0.224 e. The molecule has 1 fully saturated rings. The number of rotatable bonds is 3. The topological polar surface area (TPSA) is 49.3 Å². The number of aliphatic hydroxyl groups is 1. The van der Waals surface area contributed by atoms with E-state index in [-0.39, 0.29) is 12.5 Å². The first-order valence-corrected chi connectivity index (χ1v) is 6.28. The molecular formula is C15H17NO2. The molecule has 1 aromatic rings. The molecular weight excluding hydrogens is 226 g/mol. The maximum absolute atomic E-state index is 11.8. The third-order valence-corrected chi connectivity index (χ3v) is 3.20. The van der Waals surface area contributed by atoms with Crippen molar-refractivity contribution in [1.82, 2.24) is 0 Å². The van der Waals surface area contributed by atoms with E-state index in [1.54, 1.807) is 0 Å². The van der Waals surface area contributed by atoms with Crippen LogP contribution in [0.3, 0.4) is 0 Å². The molecule has 2 N–H and O–H groups in total. The fourth-order valence-electron chi connectivity index (χ4n) is 2.00. The van der Waals surface area contributed by atoms with E-state index in [0.717, 1.165) is 11.3 Å². The van der Waals surface area contributed by atoms with Crippen LogP contribution in [-0.4, -0.2) is 17.6 Å². The van der Waals surface area contributed by atoms with Crippen molar-refractivity contribution in [2.24, 2.45) is 5.92 Å². The Kier molecular flexibility index (Phi) is 4.38. The first kappa shape index (κ1) is 12.7. The molecule has 2 rings (SSSR count). The second-order valence-electron chi connectivity index (χ2n) is 4.55. The average molecular weight is 243 g/mol. The number of carbonyl (C=O) groups is 1. The lowest BCUT2D eigenvalue weighted by atomic mass is 9.83. The smallest absolute Gasteiger partial charge is 0.224 e. The lowest BCUT2D eigenvalue weighted by molar-refractivity contribution is -0.117. The Morgan fingerprint density at radius 1 is 1.39 bits per heavy atom. The van der Waals surface area contributed by atoms with E-state index in [1.807, 2.05) is 24.3 Å². The molecule has 1 saturated carbocycles. The van der Waals surface area contributed by atoms with Gasteiger partial charge in [-0.3, -0.25) is 4.79 Å². The van der Waals surface area contributed by atoms with Crippen LogP contribution in [0.2, 0.25) is 0 Å². The SMILES string of the molecule is O=C(CC1CCC1)Nc1ccccc1C#CCO. The molecule has 0 bridgehead atoms. The van der Waals surface area contributed by atoms with Gasteiger partial charge in [0.25, 0.3) is 0 Å². The van der Waals surface area contributed by atoms with Gasteiger partial charge in [-0.15, -0.1) is 0 Å². The second-order valence-corrected chi connectivity index (χ2v) is 4.55. The van der Waals surface area contributed by atoms with Crippen molar-refractivity contribution in [1.29, 1.82) is 0 Å². The van der Waals surface area contributed by atoms with Crippen LogP contribution < -0.4 is 5.32 Å². The summed E-state index contributed by atoms with van der Waals surface area (Å²) in [6.45, 7) is -0.176. The van der Waals surface area contributed by atoms with Crippen molar-refractivity contribution in [2.45, 2.75) is 25.7 Å². The highest BCUT2D eigenvalue weighted by atomic mass is 16.2. The van der Waals surface area contributed by atoms with Gasteiger partial charge in [0.15, 0.2) is 0 Å². The van der Waals surface area contributed by atoms with Crippen molar-refractivity contribution in [3.05, 3.63) is 29.8 Å². The lowest BCUT2D eigenvalue weighted by Gasteiger charge is -2.24. The molecule has 1 aliphatic carbocycles. The standard InChI is InChI=1S/C15H17NO2/c17-10-4-8-13-7-1-2-9-14(13)16-15(18)11-12-5-3-6-12/h1-2,7,9,12,17H,3,5-6,10-11H2,(H,16,18).